The van der Waals surface area contributed by atoms with E-state index >= 15 is 0 Å². The number of nitrogens with zero attached hydrogens (tertiary/aromatic N) is 5. The molecule has 4 atom stereocenters. The molecular formula is C52H60N8O9S. The Labute approximate surface area is 407 Å². The van der Waals surface area contributed by atoms with Gasteiger partial charge in [0.15, 0.2) is 11.4 Å². The first-order valence-corrected chi connectivity index (χ1v) is 26.5. The molecule has 1 amide bonds. The fourth-order valence-corrected chi connectivity index (χ4v) is 13.7. The summed E-state index contributed by atoms with van der Waals surface area (Å²) >= 11 is 0. The van der Waals surface area contributed by atoms with Crippen LogP contribution in [0.3, 0.4) is 0 Å². The molecule has 3 aromatic carbocycles. The number of hydrogen-bond acceptors (Lipinski definition) is 14. The Morgan fingerprint density at radius 3 is 2.56 bits per heavy atom. The summed E-state index contributed by atoms with van der Waals surface area (Å²) < 4.78 is 54.9. The molecule has 18 heteroatoms. The zero-order valence-electron chi connectivity index (χ0n) is 39.6. The number of fused-ring (bicyclic) bond motifs is 4. The van der Waals surface area contributed by atoms with Crippen LogP contribution in [-0.2, 0) is 19.5 Å². The molecule has 17 nitrogen and oxygen atoms in total. The Morgan fingerprint density at radius 1 is 0.943 bits per heavy atom. The van der Waals surface area contributed by atoms with Gasteiger partial charge in [-0.25, -0.2) is 13.1 Å². The molecule has 3 N–H and O–H groups in total. The van der Waals surface area contributed by atoms with Crippen LogP contribution in [0.15, 0.2) is 77.8 Å². The minimum absolute atomic E-state index is 0.0320. The maximum absolute atomic E-state index is 14.7. The van der Waals surface area contributed by atoms with Crippen LogP contribution in [0.4, 0.5) is 28.4 Å². The van der Waals surface area contributed by atoms with E-state index in [9.17, 15) is 23.3 Å². The number of anilines is 4. The van der Waals surface area contributed by atoms with Gasteiger partial charge in [0.25, 0.3) is 21.6 Å². The number of carbonyl (C=O) groups is 1. The number of carbonyl (C=O) groups excluding carboxylic acids is 1. The third-order valence-corrected chi connectivity index (χ3v) is 17.8. The SMILES string of the molecule is CC(C)c1ccccc1[C@@H]1CCCN1C1CC2(CCN(c3ccc(C(=O)NS(=O)(=O)c4cc5c(c([N+](=O)[O-])c4)N[C@H](C4CCOCC4)CO5)c(N4c5cc6cc[nH]c6nc5O[C@H]5COC[C@@H]54)c3)CC2)C1. The molecule has 5 aromatic rings. The van der Waals surface area contributed by atoms with E-state index in [1.807, 2.05) is 29.2 Å². The lowest BCUT2D eigenvalue weighted by molar-refractivity contribution is -0.384. The van der Waals surface area contributed by atoms with Crippen molar-refractivity contribution in [2.75, 3.05) is 67.8 Å². The molecule has 0 radical (unpaired) electrons. The van der Waals surface area contributed by atoms with Gasteiger partial charge in [-0.1, -0.05) is 38.1 Å². The number of H-pyrrole nitrogens is 1. The zero-order chi connectivity index (χ0) is 47.9. The Bertz CT molecular complexity index is 2960. The third-order valence-electron chi connectivity index (χ3n) is 16.5. The van der Waals surface area contributed by atoms with Crippen molar-refractivity contribution < 1.29 is 37.1 Å². The van der Waals surface area contributed by atoms with Crippen molar-refractivity contribution in [3.63, 3.8) is 0 Å². The fraction of sp³-hybridized carbons (Fsp3) is 0.500. The summed E-state index contributed by atoms with van der Waals surface area (Å²) in [6, 6.07) is 21.2. The molecule has 8 heterocycles. The molecule has 0 bridgehead atoms. The molecule has 70 heavy (non-hydrogen) atoms. The van der Waals surface area contributed by atoms with Gasteiger partial charge in [-0.2, -0.15) is 4.98 Å². The number of aromatic amines is 1. The molecule has 1 aliphatic carbocycles. The molecule has 0 unspecified atom stereocenters. The largest absolute Gasteiger partial charge is 0.489 e. The van der Waals surface area contributed by atoms with Gasteiger partial charge in [0.2, 0.25) is 5.88 Å². The smallest absolute Gasteiger partial charge is 0.297 e. The number of likely N-dealkylation sites (tertiary alicyclic amines) is 1. The summed E-state index contributed by atoms with van der Waals surface area (Å²) in [5, 5.41) is 16.6. The number of piperidine rings is 1. The van der Waals surface area contributed by atoms with Gasteiger partial charge in [0.05, 0.1) is 46.4 Å². The molecule has 368 valence electrons. The van der Waals surface area contributed by atoms with Crippen LogP contribution in [0.5, 0.6) is 11.6 Å². The predicted octanol–water partition coefficient (Wildman–Crippen LogP) is 8.20. The summed E-state index contributed by atoms with van der Waals surface area (Å²) in [6.45, 7) is 9.41. The average molecular weight is 973 g/mol. The minimum Gasteiger partial charge on any atom is -0.489 e. The van der Waals surface area contributed by atoms with Crippen LogP contribution in [0.25, 0.3) is 11.0 Å². The van der Waals surface area contributed by atoms with Crippen LogP contribution >= 0.6 is 0 Å². The molecule has 2 aromatic heterocycles. The van der Waals surface area contributed by atoms with E-state index in [0.29, 0.717) is 67.3 Å². The first-order chi connectivity index (χ1) is 33.9. The number of nitrogens with one attached hydrogen (secondary N) is 3. The highest BCUT2D eigenvalue weighted by Crippen LogP contribution is 2.55. The highest BCUT2D eigenvalue weighted by atomic mass is 32.2. The van der Waals surface area contributed by atoms with Gasteiger partial charge < -0.3 is 39.0 Å². The van der Waals surface area contributed by atoms with E-state index in [-0.39, 0.29) is 47.0 Å². The van der Waals surface area contributed by atoms with E-state index in [1.165, 1.54) is 42.9 Å². The van der Waals surface area contributed by atoms with Crippen molar-refractivity contribution in [1.82, 2.24) is 19.6 Å². The Morgan fingerprint density at radius 2 is 1.76 bits per heavy atom. The topological polar surface area (TPSA) is 194 Å². The van der Waals surface area contributed by atoms with Crippen molar-refractivity contribution in [2.24, 2.45) is 11.3 Å². The molecular weight excluding hydrogens is 913 g/mol. The summed E-state index contributed by atoms with van der Waals surface area (Å²) in [5.74, 6) is 0.167. The molecule has 7 aliphatic rings. The van der Waals surface area contributed by atoms with Crippen molar-refractivity contribution in [3.8, 4) is 11.6 Å². The van der Waals surface area contributed by atoms with Gasteiger partial charge in [-0.15, -0.1) is 0 Å². The normalized spacial score (nSPS) is 24.6. The van der Waals surface area contributed by atoms with Crippen LogP contribution in [0, 0.1) is 21.4 Å². The molecule has 12 rings (SSSR count). The standard InChI is InChI=1S/C52H60N8O9S/c1-31(2)37-6-3-4-7-38(37)41-8-5-17-58(41)35-26-52(27-35)14-18-57(19-15-52)34-9-10-39(42(23-34)59-44-22-33-11-16-53-49(33)55-51(44)69-47-30-67-29-45(47)59)50(61)56-70(64,65)36-24-43(60(62)63)48-46(25-36)68-28-40(54-48)32-12-20-66-21-13-32/h3-4,6-7,9-11,16,22-25,31-32,35,40-41,45,47,54H,5,8,12-15,17-21,26-30H2,1-2H3,(H,53,55)(H,56,61)/t40-,41-,45-,47-/m0/s1. The maximum atomic E-state index is 14.7. The second-order valence-corrected chi connectivity index (χ2v) is 22.5. The Balaban J connectivity index is 0.831. The van der Waals surface area contributed by atoms with Crippen molar-refractivity contribution in [1.29, 1.82) is 0 Å². The highest BCUT2D eigenvalue weighted by Gasteiger charge is 2.50. The number of rotatable bonds is 10. The Hall–Kier alpha value is -5.95. The number of sulfonamides is 1. The first kappa shape index (κ1) is 45.2. The lowest BCUT2D eigenvalue weighted by Crippen LogP contribution is -2.55. The second kappa shape index (κ2) is 17.7. The number of nitro benzene ring substituents is 1. The van der Waals surface area contributed by atoms with E-state index in [0.717, 1.165) is 62.5 Å². The predicted molar refractivity (Wildman–Crippen MR) is 264 cm³/mol. The summed E-state index contributed by atoms with van der Waals surface area (Å²) in [5.41, 5.74) is 5.66. The molecule has 5 fully saturated rings. The van der Waals surface area contributed by atoms with Gasteiger partial charge in [-0.3, -0.25) is 19.8 Å². The van der Waals surface area contributed by atoms with Crippen molar-refractivity contribution in [2.45, 2.75) is 106 Å². The summed E-state index contributed by atoms with van der Waals surface area (Å²) in [7, 11) is -4.68. The molecule has 4 saturated heterocycles. The fourth-order valence-electron chi connectivity index (χ4n) is 12.7. The number of benzene rings is 3. The number of hydrogen-bond donors (Lipinski definition) is 3. The van der Waals surface area contributed by atoms with Crippen molar-refractivity contribution >= 4 is 55.4 Å². The number of amides is 1. The van der Waals surface area contributed by atoms with Gasteiger partial charge in [0.1, 0.15) is 24.0 Å². The van der Waals surface area contributed by atoms with Gasteiger partial charge >= 0.3 is 0 Å². The maximum Gasteiger partial charge on any atom is 0.297 e. The second-order valence-electron chi connectivity index (χ2n) is 20.8. The molecule has 6 aliphatic heterocycles. The number of aromatic nitrogens is 2. The minimum atomic E-state index is -4.68. The monoisotopic (exact) mass is 972 g/mol. The average Bonchev–Trinajstić information content (AvgIpc) is 4.16. The van der Waals surface area contributed by atoms with Crippen LogP contribution < -0.4 is 29.3 Å². The summed E-state index contributed by atoms with van der Waals surface area (Å²) in [6.07, 6.45) is 9.87. The lowest BCUT2D eigenvalue weighted by atomic mass is 9.59. The first-order valence-electron chi connectivity index (χ1n) is 25.0. The van der Waals surface area contributed by atoms with E-state index in [1.54, 1.807) is 12.3 Å². The molecule has 1 spiro atoms. The van der Waals surface area contributed by atoms with E-state index in [4.69, 9.17) is 23.9 Å². The van der Waals surface area contributed by atoms with Crippen molar-refractivity contribution in [3.05, 3.63) is 99.7 Å². The Kier molecular flexibility index (Phi) is 11.4. The summed E-state index contributed by atoms with van der Waals surface area (Å²) in [4.78, 5) is 41.3. The van der Waals surface area contributed by atoms with Crippen LogP contribution in [0.1, 0.15) is 98.7 Å². The van der Waals surface area contributed by atoms with Crippen LogP contribution in [0.2, 0.25) is 0 Å². The van der Waals surface area contributed by atoms with E-state index in [2.05, 4.69) is 62.9 Å². The third kappa shape index (κ3) is 8.00. The van der Waals surface area contributed by atoms with Crippen LogP contribution in [-0.4, -0.2) is 111 Å². The van der Waals surface area contributed by atoms with E-state index < -0.39 is 37.5 Å². The number of pyridine rings is 1. The highest BCUT2D eigenvalue weighted by molar-refractivity contribution is 7.90. The van der Waals surface area contributed by atoms with Gasteiger partial charge in [-0.05, 0) is 117 Å². The quantitative estimate of drug-likeness (QED) is 0.0896. The molecule has 1 saturated carbocycles. The lowest BCUT2D eigenvalue weighted by Gasteiger charge is -2.56. The number of nitro groups is 1. The zero-order valence-corrected chi connectivity index (χ0v) is 40.4. The number of ether oxygens (including phenoxy) is 4. The van der Waals surface area contributed by atoms with Gasteiger partial charge in [0, 0.05) is 67.8 Å².